The molecule has 1 heterocycles. The number of ether oxygens (including phenoxy) is 1. The van der Waals surface area contributed by atoms with Crippen LogP contribution in [-0.2, 0) is 0 Å². The predicted molar refractivity (Wildman–Crippen MR) is 95.2 cm³/mol. The first-order valence-electron chi connectivity index (χ1n) is 8.59. The van der Waals surface area contributed by atoms with Gasteiger partial charge in [-0.1, -0.05) is 19.4 Å². The van der Waals surface area contributed by atoms with E-state index in [0.717, 1.165) is 30.5 Å². The van der Waals surface area contributed by atoms with Gasteiger partial charge in [-0.3, -0.25) is 4.79 Å². The first-order chi connectivity index (χ1) is 12.0. The molecule has 0 radical (unpaired) electrons. The maximum absolute atomic E-state index is 12.6. The van der Waals surface area contributed by atoms with Crippen LogP contribution in [0, 0.1) is 12.3 Å². The van der Waals surface area contributed by atoms with Crippen LogP contribution in [0.25, 0.3) is 5.69 Å². The van der Waals surface area contributed by atoms with Crippen LogP contribution in [0.5, 0.6) is 5.75 Å². The fourth-order valence-electron chi connectivity index (χ4n) is 3.46. The van der Waals surface area contributed by atoms with Crippen molar-refractivity contribution in [3.8, 4) is 11.4 Å². The van der Waals surface area contributed by atoms with Crippen LogP contribution in [0.1, 0.15) is 42.2 Å². The van der Waals surface area contributed by atoms with E-state index in [1.54, 1.807) is 24.1 Å². The van der Waals surface area contributed by atoms with Crippen molar-refractivity contribution in [3.63, 3.8) is 0 Å². The minimum absolute atomic E-state index is 0.0244. The van der Waals surface area contributed by atoms with E-state index < -0.39 is 0 Å². The number of rotatable bonds is 5. The first kappa shape index (κ1) is 17.5. The van der Waals surface area contributed by atoms with E-state index in [1.807, 2.05) is 32.0 Å². The number of nitrogens with zero attached hydrogens (tertiary/aromatic N) is 2. The summed E-state index contributed by atoms with van der Waals surface area (Å²) in [5.74, 6) is 0.487. The number of aliphatic hydroxyl groups excluding tert-OH is 1. The van der Waals surface area contributed by atoms with Gasteiger partial charge in [-0.05, 0) is 43.5 Å². The second kappa shape index (κ2) is 6.88. The highest BCUT2D eigenvalue weighted by Gasteiger charge is 2.39. The van der Waals surface area contributed by atoms with Gasteiger partial charge in [0.15, 0.2) is 5.69 Å². The normalized spacial score (nSPS) is 22.8. The number of aliphatic hydroxyl groups is 1. The van der Waals surface area contributed by atoms with Crippen molar-refractivity contribution < 1.29 is 14.6 Å². The first-order valence-corrected chi connectivity index (χ1v) is 8.59. The smallest absolute Gasteiger partial charge is 0.272 e. The topological polar surface area (TPSA) is 76.4 Å². The van der Waals surface area contributed by atoms with Gasteiger partial charge in [-0.25, -0.2) is 4.68 Å². The van der Waals surface area contributed by atoms with Gasteiger partial charge < -0.3 is 15.2 Å². The van der Waals surface area contributed by atoms with Crippen molar-refractivity contribution in [1.29, 1.82) is 0 Å². The Kier molecular flexibility index (Phi) is 4.81. The van der Waals surface area contributed by atoms with Crippen LogP contribution in [0.2, 0.25) is 0 Å². The molecular weight excluding hydrogens is 318 g/mol. The third-order valence-electron chi connectivity index (χ3n) is 5.15. The number of hydrogen-bond donors (Lipinski definition) is 2. The van der Waals surface area contributed by atoms with Gasteiger partial charge in [0.25, 0.3) is 5.91 Å². The zero-order valence-electron chi connectivity index (χ0n) is 15.0. The Morgan fingerprint density at radius 3 is 3.00 bits per heavy atom. The summed E-state index contributed by atoms with van der Waals surface area (Å²) in [7, 11) is 1.61. The summed E-state index contributed by atoms with van der Waals surface area (Å²) >= 11 is 0. The summed E-state index contributed by atoms with van der Waals surface area (Å²) in [6.07, 6.45) is 4.57. The maximum Gasteiger partial charge on any atom is 0.272 e. The number of amides is 1. The lowest BCUT2D eigenvalue weighted by atomic mass is 9.86. The highest BCUT2D eigenvalue weighted by molar-refractivity contribution is 5.92. The summed E-state index contributed by atoms with van der Waals surface area (Å²) in [5, 5.41) is 17.1. The molecule has 134 valence electrons. The summed E-state index contributed by atoms with van der Waals surface area (Å²) in [4.78, 5) is 12.6. The van der Waals surface area contributed by atoms with Crippen LogP contribution in [0.3, 0.4) is 0 Å². The molecule has 1 aliphatic carbocycles. The SMILES string of the molecule is COc1ccc(C)cc1-n1ccc(C(=O)NC2CCCC2(C)CO)n1. The van der Waals surface area contributed by atoms with Gasteiger partial charge >= 0.3 is 0 Å². The number of nitrogens with one attached hydrogen (secondary N) is 1. The van der Waals surface area contributed by atoms with Gasteiger partial charge in [-0.15, -0.1) is 0 Å². The quantitative estimate of drug-likeness (QED) is 0.874. The molecule has 2 atom stereocenters. The molecular formula is C19H25N3O3. The van der Waals surface area contributed by atoms with Crippen molar-refractivity contribution >= 4 is 5.91 Å². The van der Waals surface area contributed by atoms with Crippen LogP contribution in [-0.4, -0.2) is 40.6 Å². The second-order valence-corrected chi connectivity index (χ2v) is 7.05. The molecule has 1 aromatic carbocycles. The molecule has 2 N–H and O–H groups in total. The van der Waals surface area contributed by atoms with E-state index in [0.29, 0.717) is 11.4 Å². The lowest BCUT2D eigenvalue weighted by Crippen LogP contribution is -2.44. The van der Waals surface area contributed by atoms with E-state index in [1.165, 1.54) is 0 Å². The van der Waals surface area contributed by atoms with Crippen LogP contribution in [0.4, 0.5) is 0 Å². The lowest BCUT2D eigenvalue weighted by Gasteiger charge is -2.29. The predicted octanol–water partition coefficient (Wildman–Crippen LogP) is 2.47. The third-order valence-corrected chi connectivity index (χ3v) is 5.15. The Morgan fingerprint density at radius 2 is 2.28 bits per heavy atom. The molecule has 0 aliphatic heterocycles. The summed E-state index contributed by atoms with van der Waals surface area (Å²) in [6, 6.07) is 7.49. The average molecular weight is 343 g/mol. The zero-order valence-corrected chi connectivity index (χ0v) is 15.0. The Bertz CT molecular complexity index is 771. The van der Waals surface area contributed by atoms with E-state index in [-0.39, 0.29) is 24.0 Å². The minimum Gasteiger partial charge on any atom is -0.494 e. The van der Waals surface area contributed by atoms with Crippen molar-refractivity contribution in [2.75, 3.05) is 13.7 Å². The fraction of sp³-hybridized carbons (Fsp3) is 0.474. The van der Waals surface area contributed by atoms with Gasteiger partial charge in [0.1, 0.15) is 11.4 Å². The maximum atomic E-state index is 12.6. The van der Waals surface area contributed by atoms with Crippen LogP contribution < -0.4 is 10.1 Å². The molecule has 1 fully saturated rings. The largest absolute Gasteiger partial charge is 0.494 e. The highest BCUT2D eigenvalue weighted by Crippen LogP contribution is 2.37. The Labute approximate surface area is 147 Å². The minimum atomic E-state index is -0.252. The number of carbonyl (C=O) groups excluding carboxylic acids is 1. The van der Waals surface area contributed by atoms with Crippen molar-refractivity contribution in [2.45, 2.75) is 39.2 Å². The molecule has 2 unspecified atom stereocenters. The average Bonchev–Trinajstić information content (AvgIpc) is 3.23. The summed E-state index contributed by atoms with van der Waals surface area (Å²) in [6.45, 7) is 4.09. The number of methoxy groups -OCH3 is 1. The molecule has 1 amide bonds. The number of hydrogen-bond acceptors (Lipinski definition) is 4. The summed E-state index contributed by atoms with van der Waals surface area (Å²) in [5.41, 5.74) is 1.98. The number of aromatic nitrogens is 2. The number of benzene rings is 1. The summed E-state index contributed by atoms with van der Waals surface area (Å²) < 4.78 is 7.04. The van der Waals surface area contributed by atoms with E-state index in [9.17, 15) is 9.90 Å². The van der Waals surface area contributed by atoms with Crippen molar-refractivity contribution in [3.05, 3.63) is 41.7 Å². The molecule has 1 saturated carbocycles. The van der Waals surface area contributed by atoms with Crippen LogP contribution in [0.15, 0.2) is 30.5 Å². The fourth-order valence-corrected chi connectivity index (χ4v) is 3.46. The van der Waals surface area contributed by atoms with Gasteiger partial charge in [-0.2, -0.15) is 5.10 Å². The molecule has 6 nitrogen and oxygen atoms in total. The van der Waals surface area contributed by atoms with E-state index in [2.05, 4.69) is 10.4 Å². The molecule has 25 heavy (non-hydrogen) atoms. The Balaban J connectivity index is 1.80. The highest BCUT2D eigenvalue weighted by atomic mass is 16.5. The van der Waals surface area contributed by atoms with E-state index >= 15 is 0 Å². The Morgan fingerprint density at radius 1 is 1.48 bits per heavy atom. The van der Waals surface area contributed by atoms with Gasteiger partial charge in [0.05, 0.1) is 13.7 Å². The zero-order chi connectivity index (χ0) is 18.0. The van der Waals surface area contributed by atoms with Crippen molar-refractivity contribution in [2.24, 2.45) is 5.41 Å². The molecule has 2 aromatic rings. The van der Waals surface area contributed by atoms with E-state index in [4.69, 9.17) is 4.74 Å². The van der Waals surface area contributed by atoms with Gasteiger partial charge in [0, 0.05) is 17.7 Å². The monoisotopic (exact) mass is 343 g/mol. The molecule has 1 aromatic heterocycles. The van der Waals surface area contributed by atoms with Crippen LogP contribution >= 0.6 is 0 Å². The molecule has 6 heteroatoms. The lowest BCUT2D eigenvalue weighted by molar-refractivity contribution is 0.0825. The second-order valence-electron chi connectivity index (χ2n) is 7.05. The third kappa shape index (κ3) is 3.39. The molecule has 0 bridgehead atoms. The molecule has 0 spiro atoms. The molecule has 3 rings (SSSR count). The molecule has 0 saturated heterocycles. The van der Waals surface area contributed by atoms with Crippen molar-refractivity contribution in [1.82, 2.24) is 15.1 Å². The van der Waals surface area contributed by atoms with Gasteiger partial charge in [0.2, 0.25) is 0 Å². The standard InChI is InChI=1S/C19H25N3O3/c1-13-6-7-16(25-3)15(11-13)22-10-8-14(21-22)18(24)20-17-5-4-9-19(17,2)12-23/h6-8,10-11,17,23H,4-5,9,12H2,1-3H3,(H,20,24). The number of carbonyl (C=O) groups is 1. The Hall–Kier alpha value is -2.34. The number of aryl methyl sites for hydroxylation is 1. The molecule has 1 aliphatic rings.